The van der Waals surface area contributed by atoms with E-state index < -0.39 is 6.10 Å². The molecule has 0 aliphatic carbocycles. The molecule has 28 heavy (non-hydrogen) atoms. The number of rotatable bonds is 6. The average Bonchev–Trinajstić information content (AvgIpc) is 2.70. The van der Waals surface area contributed by atoms with Crippen molar-refractivity contribution in [1.29, 1.82) is 0 Å². The fourth-order valence-corrected chi connectivity index (χ4v) is 2.90. The number of carbonyl (C=O) groups is 2. The molecule has 2 N–H and O–H groups in total. The molecule has 2 aromatic rings. The zero-order chi connectivity index (χ0) is 19.9. The Hall–Kier alpha value is -3.06. The van der Waals surface area contributed by atoms with Crippen molar-refractivity contribution in [2.24, 2.45) is 0 Å². The van der Waals surface area contributed by atoms with Gasteiger partial charge >= 0.3 is 0 Å². The molecule has 0 bridgehead atoms. The first-order valence-corrected chi connectivity index (χ1v) is 9.29. The number of carbonyl (C=O) groups excluding carboxylic acids is 2. The molecule has 1 fully saturated rings. The van der Waals surface area contributed by atoms with E-state index in [0.29, 0.717) is 11.4 Å². The third-order valence-electron chi connectivity index (χ3n) is 4.37. The maximum atomic E-state index is 12.4. The van der Waals surface area contributed by atoms with Gasteiger partial charge in [0.05, 0.1) is 13.2 Å². The molecule has 3 rings (SSSR count). The van der Waals surface area contributed by atoms with Gasteiger partial charge in [0.15, 0.2) is 6.10 Å². The van der Waals surface area contributed by atoms with Gasteiger partial charge in [0.25, 0.3) is 5.91 Å². The Morgan fingerprint density at radius 3 is 2.14 bits per heavy atom. The van der Waals surface area contributed by atoms with E-state index in [1.54, 1.807) is 31.2 Å². The third-order valence-corrected chi connectivity index (χ3v) is 4.37. The van der Waals surface area contributed by atoms with Crippen LogP contribution in [0.1, 0.15) is 13.8 Å². The Balaban J connectivity index is 1.52. The maximum Gasteiger partial charge on any atom is 0.265 e. The summed E-state index contributed by atoms with van der Waals surface area (Å²) in [5, 5.41) is 5.55. The first-order valence-electron chi connectivity index (χ1n) is 9.29. The fraction of sp³-hybridized carbons (Fsp3) is 0.333. The fourth-order valence-electron chi connectivity index (χ4n) is 2.90. The van der Waals surface area contributed by atoms with Crippen LogP contribution in [0.25, 0.3) is 0 Å². The summed E-state index contributed by atoms with van der Waals surface area (Å²) in [7, 11) is 0. The van der Waals surface area contributed by atoms with Gasteiger partial charge in [-0.25, -0.2) is 0 Å². The van der Waals surface area contributed by atoms with E-state index in [1.165, 1.54) is 6.92 Å². The van der Waals surface area contributed by atoms with E-state index in [4.69, 9.17) is 9.47 Å². The molecule has 7 heteroatoms. The monoisotopic (exact) mass is 383 g/mol. The lowest BCUT2D eigenvalue weighted by Gasteiger charge is -2.29. The first kappa shape index (κ1) is 19.7. The Bertz CT molecular complexity index is 799. The van der Waals surface area contributed by atoms with Crippen LogP contribution in [0.2, 0.25) is 0 Å². The van der Waals surface area contributed by atoms with Crippen LogP contribution < -0.4 is 20.3 Å². The van der Waals surface area contributed by atoms with Crippen molar-refractivity contribution in [1.82, 2.24) is 0 Å². The smallest absolute Gasteiger partial charge is 0.265 e. The summed E-state index contributed by atoms with van der Waals surface area (Å²) in [5.74, 6) is 0.186. The highest BCUT2D eigenvalue weighted by atomic mass is 16.5. The highest BCUT2D eigenvalue weighted by Crippen LogP contribution is 2.20. The number of anilines is 3. The van der Waals surface area contributed by atoms with Gasteiger partial charge in [-0.15, -0.1) is 0 Å². The lowest BCUT2D eigenvalue weighted by atomic mass is 10.2. The Kier molecular flexibility index (Phi) is 6.49. The highest BCUT2D eigenvalue weighted by molar-refractivity contribution is 5.94. The minimum Gasteiger partial charge on any atom is -0.481 e. The van der Waals surface area contributed by atoms with Crippen molar-refractivity contribution in [3.8, 4) is 5.75 Å². The number of nitrogens with one attached hydrogen (secondary N) is 2. The summed E-state index contributed by atoms with van der Waals surface area (Å²) in [6.07, 6.45) is -0.662. The van der Waals surface area contributed by atoms with Crippen LogP contribution in [0.15, 0.2) is 48.5 Å². The van der Waals surface area contributed by atoms with Crippen molar-refractivity contribution >= 4 is 28.9 Å². The van der Waals surface area contributed by atoms with E-state index in [-0.39, 0.29) is 11.8 Å². The molecular formula is C21H25N3O4. The molecule has 2 amide bonds. The lowest BCUT2D eigenvalue weighted by Crippen LogP contribution is -2.36. The molecule has 1 aliphatic rings. The molecule has 0 radical (unpaired) electrons. The van der Waals surface area contributed by atoms with Gasteiger partial charge in [0.2, 0.25) is 5.91 Å². The molecule has 1 atom stereocenters. The van der Waals surface area contributed by atoms with Crippen molar-refractivity contribution in [3.05, 3.63) is 48.5 Å². The molecule has 7 nitrogen and oxygen atoms in total. The second-order valence-electron chi connectivity index (χ2n) is 6.60. The van der Waals surface area contributed by atoms with Crippen LogP contribution in [0, 0.1) is 0 Å². The van der Waals surface area contributed by atoms with Crippen LogP contribution >= 0.6 is 0 Å². The maximum absolute atomic E-state index is 12.4. The molecule has 1 saturated heterocycles. The van der Waals surface area contributed by atoms with Gasteiger partial charge in [-0.3, -0.25) is 9.59 Å². The second-order valence-corrected chi connectivity index (χ2v) is 6.60. The summed E-state index contributed by atoms with van der Waals surface area (Å²) in [6.45, 7) is 6.36. The largest absolute Gasteiger partial charge is 0.481 e. The molecule has 1 aliphatic heterocycles. The summed E-state index contributed by atoms with van der Waals surface area (Å²) in [6, 6.07) is 14.6. The average molecular weight is 383 g/mol. The molecule has 1 heterocycles. The number of nitrogens with zero attached hydrogens (tertiary/aromatic N) is 1. The van der Waals surface area contributed by atoms with Gasteiger partial charge < -0.3 is 25.0 Å². The summed E-state index contributed by atoms with van der Waals surface area (Å²) in [4.78, 5) is 25.7. The number of benzene rings is 2. The van der Waals surface area contributed by atoms with Crippen LogP contribution in [0.5, 0.6) is 5.75 Å². The quantitative estimate of drug-likeness (QED) is 0.802. The van der Waals surface area contributed by atoms with E-state index in [9.17, 15) is 9.59 Å². The lowest BCUT2D eigenvalue weighted by molar-refractivity contribution is -0.122. The highest BCUT2D eigenvalue weighted by Gasteiger charge is 2.16. The van der Waals surface area contributed by atoms with Crippen molar-refractivity contribution in [2.75, 3.05) is 41.8 Å². The topological polar surface area (TPSA) is 79.9 Å². The zero-order valence-electron chi connectivity index (χ0n) is 16.1. The number of amides is 2. The summed E-state index contributed by atoms with van der Waals surface area (Å²) in [5.41, 5.74) is 2.51. The minimum absolute atomic E-state index is 0.138. The van der Waals surface area contributed by atoms with Crippen LogP contribution in [-0.4, -0.2) is 44.2 Å². The van der Waals surface area contributed by atoms with Crippen molar-refractivity contribution < 1.29 is 19.1 Å². The SMILES string of the molecule is CC(=O)Nc1ccc(OC(C)C(=O)Nc2ccc(N3CCOCC3)cc2)cc1. The van der Waals surface area contributed by atoms with E-state index in [1.807, 2.05) is 24.3 Å². The minimum atomic E-state index is -0.662. The molecule has 0 saturated carbocycles. The number of ether oxygens (including phenoxy) is 2. The molecule has 0 spiro atoms. The Morgan fingerprint density at radius 1 is 0.964 bits per heavy atom. The molecule has 148 valence electrons. The predicted molar refractivity (Wildman–Crippen MR) is 109 cm³/mol. The van der Waals surface area contributed by atoms with Crippen molar-refractivity contribution in [3.63, 3.8) is 0 Å². The Labute approximate surface area is 164 Å². The van der Waals surface area contributed by atoms with Gasteiger partial charge in [0.1, 0.15) is 5.75 Å². The molecule has 1 unspecified atom stereocenters. The molecular weight excluding hydrogens is 358 g/mol. The first-order chi connectivity index (χ1) is 13.5. The van der Waals surface area contributed by atoms with E-state index >= 15 is 0 Å². The summed E-state index contributed by atoms with van der Waals surface area (Å²) < 4.78 is 11.0. The van der Waals surface area contributed by atoms with Crippen LogP contribution in [0.3, 0.4) is 0 Å². The van der Waals surface area contributed by atoms with Gasteiger partial charge in [-0.2, -0.15) is 0 Å². The number of hydrogen-bond donors (Lipinski definition) is 2. The summed E-state index contributed by atoms with van der Waals surface area (Å²) >= 11 is 0. The molecule has 0 aromatic heterocycles. The van der Waals surface area contributed by atoms with Crippen molar-refractivity contribution in [2.45, 2.75) is 20.0 Å². The van der Waals surface area contributed by atoms with E-state index in [2.05, 4.69) is 15.5 Å². The van der Waals surface area contributed by atoms with Crippen LogP contribution in [0.4, 0.5) is 17.1 Å². The third kappa shape index (κ3) is 5.47. The van der Waals surface area contributed by atoms with Gasteiger partial charge in [0, 0.05) is 37.1 Å². The van der Waals surface area contributed by atoms with Gasteiger partial charge in [-0.05, 0) is 55.5 Å². The Morgan fingerprint density at radius 2 is 1.54 bits per heavy atom. The molecule has 2 aromatic carbocycles. The zero-order valence-corrected chi connectivity index (χ0v) is 16.1. The normalized spacial score (nSPS) is 14.9. The van der Waals surface area contributed by atoms with E-state index in [0.717, 1.165) is 37.7 Å². The second kappa shape index (κ2) is 9.23. The number of morpholine rings is 1. The standard InChI is InChI=1S/C21H25N3O4/c1-15(28-20-9-5-17(6-10-20)22-16(2)25)21(26)23-18-3-7-19(8-4-18)24-11-13-27-14-12-24/h3-10,15H,11-14H2,1-2H3,(H,22,25)(H,23,26). The number of hydrogen-bond acceptors (Lipinski definition) is 5. The van der Waals surface area contributed by atoms with Gasteiger partial charge in [-0.1, -0.05) is 0 Å². The van der Waals surface area contributed by atoms with Crippen LogP contribution in [-0.2, 0) is 14.3 Å². The predicted octanol–water partition coefficient (Wildman–Crippen LogP) is 2.89.